The predicted molar refractivity (Wildman–Crippen MR) is 129 cm³/mol. The molecule has 0 unspecified atom stereocenters. The van der Waals surface area contributed by atoms with Crippen LogP contribution >= 0.6 is 11.3 Å². The summed E-state index contributed by atoms with van der Waals surface area (Å²) >= 11 is 1.53. The molecule has 1 aromatic carbocycles. The van der Waals surface area contributed by atoms with E-state index >= 15 is 0 Å². The topological polar surface area (TPSA) is 76.6 Å². The smallest absolute Gasteiger partial charge is 0.229 e. The van der Waals surface area contributed by atoms with E-state index in [1.165, 1.54) is 11.3 Å². The van der Waals surface area contributed by atoms with E-state index in [4.69, 9.17) is 9.47 Å². The first kappa shape index (κ1) is 23.7. The molecule has 0 spiro atoms. The Labute approximate surface area is 193 Å². The van der Waals surface area contributed by atoms with Gasteiger partial charge in [0.05, 0.1) is 19.2 Å². The monoisotopic (exact) mass is 454 g/mol. The molecule has 0 aliphatic rings. The van der Waals surface area contributed by atoms with Gasteiger partial charge in [-0.15, -0.1) is 11.3 Å². The maximum atomic E-state index is 12.7. The number of aryl methyl sites for hydroxylation is 1. The normalized spacial score (nSPS) is 10.9. The van der Waals surface area contributed by atoms with Gasteiger partial charge >= 0.3 is 0 Å². The molecule has 3 aromatic rings. The molecule has 7 nitrogen and oxygen atoms in total. The SMILES string of the molecule is CCN(CC)CCOc1cc(NC(=O)Cc2sc(-c3ccncc3)nc2C)ccc1OC. The van der Waals surface area contributed by atoms with Crippen molar-refractivity contribution in [3.05, 3.63) is 53.3 Å². The van der Waals surface area contributed by atoms with Crippen molar-refractivity contribution in [1.82, 2.24) is 14.9 Å². The quantitative estimate of drug-likeness (QED) is 0.462. The lowest BCUT2D eigenvalue weighted by Crippen LogP contribution is -2.28. The molecular formula is C24H30N4O3S. The largest absolute Gasteiger partial charge is 0.493 e. The van der Waals surface area contributed by atoms with Crippen LogP contribution in [0.15, 0.2) is 42.7 Å². The number of amides is 1. The zero-order valence-electron chi connectivity index (χ0n) is 19.1. The van der Waals surface area contributed by atoms with Gasteiger partial charge in [0.15, 0.2) is 11.5 Å². The van der Waals surface area contributed by atoms with E-state index in [0.717, 1.165) is 40.8 Å². The molecule has 2 heterocycles. The molecule has 32 heavy (non-hydrogen) atoms. The molecule has 1 N–H and O–H groups in total. The second-order valence-corrected chi connectivity index (χ2v) is 8.31. The number of methoxy groups -OCH3 is 1. The lowest BCUT2D eigenvalue weighted by molar-refractivity contribution is -0.115. The number of carbonyl (C=O) groups is 1. The first-order chi connectivity index (χ1) is 15.5. The van der Waals surface area contributed by atoms with Gasteiger partial charge in [-0.3, -0.25) is 9.78 Å². The van der Waals surface area contributed by atoms with E-state index in [0.29, 0.717) is 23.8 Å². The highest BCUT2D eigenvalue weighted by molar-refractivity contribution is 7.15. The summed E-state index contributed by atoms with van der Waals surface area (Å²) in [4.78, 5) is 24.6. The summed E-state index contributed by atoms with van der Waals surface area (Å²) in [6.45, 7) is 9.53. The Morgan fingerprint density at radius 3 is 2.56 bits per heavy atom. The molecule has 1 amide bonds. The molecule has 0 aliphatic heterocycles. The number of likely N-dealkylation sites (N-methyl/N-ethyl adjacent to an activating group) is 1. The third-order valence-electron chi connectivity index (χ3n) is 5.15. The number of anilines is 1. The number of hydrogen-bond donors (Lipinski definition) is 1. The number of aromatic nitrogens is 2. The van der Waals surface area contributed by atoms with Crippen LogP contribution in [0.25, 0.3) is 10.6 Å². The van der Waals surface area contributed by atoms with Crippen LogP contribution in [0.4, 0.5) is 5.69 Å². The molecule has 170 valence electrons. The van der Waals surface area contributed by atoms with Crippen molar-refractivity contribution < 1.29 is 14.3 Å². The highest BCUT2D eigenvalue weighted by Crippen LogP contribution is 2.31. The zero-order chi connectivity index (χ0) is 22.9. The van der Waals surface area contributed by atoms with Crippen molar-refractivity contribution in [1.29, 1.82) is 0 Å². The molecule has 0 aliphatic carbocycles. The summed E-state index contributed by atoms with van der Waals surface area (Å²) in [6.07, 6.45) is 3.74. The zero-order valence-corrected chi connectivity index (χ0v) is 19.9. The van der Waals surface area contributed by atoms with Crippen LogP contribution in [0, 0.1) is 6.92 Å². The molecule has 0 atom stereocenters. The molecule has 0 bridgehead atoms. The molecule has 8 heteroatoms. The Bertz CT molecular complexity index is 1020. The van der Waals surface area contributed by atoms with Crippen LogP contribution in [0.2, 0.25) is 0 Å². The average molecular weight is 455 g/mol. The minimum absolute atomic E-state index is 0.0997. The van der Waals surface area contributed by atoms with Gasteiger partial charge < -0.3 is 19.7 Å². The molecular weight excluding hydrogens is 424 g/mol. The fourth-order valence-corrected chi connectivity index (χ4v) is 4.32. The Hall–Kier alpha value is -2.97. The van der Waals surface area contributed by atoms with E-state index < -0.39 is 0 Å². The third-order valence-corrected chi connectivity index (χ3v) is 6.35. The molecule has 0 saturated heterocycles. The van der Waals surface area contributed by atoms with E-state index in [2.05, 4.69) is 34.0 Å². The predicted octanol–water partition coefficient (Wildman–Crippen LogP) is 4.42. The maximum Gasteiger partial charge on any atom is 0.229 e. The molecule has 0 fully saturated rings. The fraction of sp³-hybridized carbons (Fsp3) is 0.375. The van der Waals surface area contributed by atoms with Crippen molar-refractivity contribution in [3.8, 4) is 22.1 Å². The molecule has 0 saturated carbocycles. The standard InChI is InChI=1S/C24H30N4O3S/c1-5-28(6-2)13-14-31-21-15-19(7-8-20(21)30-4)27-23(29)16-22-17(3)26-24(32-22)18-9-11-25-12-10-18/h7-12,15H,5-6,13-14,16H2,1-4H3,(H,27,29). The maximum absolute atomic E-state index is 12.7. The van der Waals surface area contributed by atoms with Gasteiger partial charge in [-0.1, -0.05) is 13.8 Å². The number of ether oxygens (including phenoxy) is 2. The summed E-state index contributed by atoms with van der Waals surface area (Å²) < 4.78 is 11.4. The molecule has 2 aromatic heterocycles. The van der Waals surface area contributed by atoms with Gasteiger partial charge in [0, 0.05) is 41.1 Å². The van der Waals surface area contributed by atoms with Crippen molar-refractivity contribution in [3.63, 3.8) is 0 Å². The van der Waals surface area contributed by atoms with Crippen LogP contribution in [0.3, 0.4) is 0 Å². The number of nitrogens with one attached hydrogen (secondary N) is 1. The third kappa shape index (κ3) is 6.27. The molecule has 0 radical (unpaired) electrons. The number of rotatable bonds is 11. The van der Waals surface area contributed by atoms with Gasteiger partial charge in [-0.05, 0) is 44.3 Å². The van der Waals surface area contributed by atoms with Gasteiger partial charge in [0.2, 0.25) is 5.91 Å². The van der Waals surface area contributed by atoms with Gasteiger partial charge in [0.25, 0.3) is 0 Å². The second-order valence-electron chi connectivity index (χ2n) is 7.23. The average Bonchev–Trinajstić information content (AvgIpc) is 3.17. The minimum atomic E-state index is -0.0997. The number of thiazole rings is 1. The van der Waals surface area contributed by atoms with Crippen LogP contribution in [0.5, 0.6) is 11.5 Å². The van der Waals surface area contributed by atoms with E-state index in [1.54, 1.807) is 25.6 Å². The summed E-state index contributed by atoms with van der Waals surface area (Å²) in [6, 6.07) is 9.27. The summed E-state index contributed by atoms with van der Waals surface area (Å²) in [7, 11) is 1.61. The van der Waals surface area contributed by atoms with Crippen molar-refractivity contribution in [2.24, 2.45) is 0 Å². The van der Waals surface area contributed by atoms with Gasteiger partial charge in [-0.2, -0.15) is 0 Å². The number of nitrogens with zero attached hydrogens (tertiary/aromatic N) is 3. The summed E-state index contributed by atoms with van der Waals surface area (Å²) in [5.74, 6) is 1.16. The number of carbonyl (C=O) groups excluding carboxylic acids is 1. The lowest BCUT2D eigenvalue weighted by Gasteiger charge is -2.19. The van der Waals surface area contributed by atoms with E-state index in [1.807, 2.05) is 31.2 Å². The second kappa shape index (κ2) is 11.6. The Morgan fingerprint density at radius 1 is 1.12 bits per heavy atom. The van der Waals surface area contributed by atoms with Crippen molar-refractivity contribution >= 4 is 22.9 Å². The Morgan fingerprint density at radius 2 is 1.88 bits per heavy atom. The van der Waals surface area contributed by atoms with Gasteiger partial charge in [-0.25, -0.2) is 4.98 Å². The number of benzene rings is 1. The Balaban J connectivity index is 1.64. The highest BCUT2D eigenvalue weighted by atomic mass is 32.1. The highest BCUT2D eigenvalue weighted by Gasteiger charge is 2.14. The van der Waals surface area contributed by atoms with E-state index in [-0.39, 0.29) is 12.3 Å². The molecule has 3 rings (SSSR count). The van der Waals surface area contributed by atoms with Crippen molar-refractivity contribution in [2.45, 2.75) is 27.2 Å². The van der Waals surface area contributed by atoms with Crippen LogP contribution in [0.1, 0.15) is 24.4 Å². The lowest BCUT2D eigenvalue weighted by atomic mass is 10.2. The summed E-state index contributed by atoms with van der Waals surface area (Å²) in [5.41, 5.74) is 2.54. The van der Waals surface area contributed by atoms with E-state index in [9.17, 15) is 4.79 Å². The van der Waals surface area contributed by atoms with Crippen LogP contribution in [-0.2, 0) is 11.2 Å². The van der Waals surface area contributed by atoms with Crippen LogP contribution < -0.4 is 14.8 Å². The summed E-state index contributed by atoms with van der Waals surface area (Å²) in [5, 5.41) is 3.85. The first-order valence-electron chi connectivity index (χ1n) is 10.7. The van der Waals surface area contributed by atoms with Crippen molar-refractivity contribution in [2.75, 3.05) is 38.7 Å². The Kier molecular flexibility index (Phi) is 8.58. The van der Waals surface area contributed by atoms with Gasteiger partial charge in [0.1, 0.15) is 11.6 Å². The fourth-order valence-electron chi connectivity index (χ4n) is 3.25. The first-order valence-corrected chi connectivity index (χ1v) is 11.5. The minimum Gasteiger partial charge on any atom is -0.493 e. The number of pyridine rings is 1. The van der Waals surface area contributed by atoms with Crippen LogP contribution in [-0.4, -0.2) is 54.1 Å². The number of hydrogen-bond acceptors (Lipinski definition) is 7.